The molecule has 0 atom stereocenters. The zero-order valence-electron chi connectivity index (χ0n) is 20.5. The van der Waals surface area contributed by atoms with E-state index in [9.17, 15) is 9.59 Å². The molecule has 0 aromatic carbocycles. The van der Waals surface area contributed by atoms with Gasteiger partial charge in [-0.05, 0) is 25.0 Å². The third-order valence-electron chi connectivity index (χ3n) is 6.65. The number of pyridine rings is 1. The van der Waals surface area contributed by atoms with Gasteiger partial charge in [0.15, 0.2) is 0 Å². The van der Waals surface area contributed by atoms with E-state index in [1.807, 2.05) is 33.4 Å². The second kappa shape index (κ2) is 11.8. The average molecular weight is 536 g/mol. The van der Waals surface area contributed by atoms with E-state index < -0.39 is 0 Å². The largest absolute Gasteiger partial charge is 0.352 e. The first-order chi connectivity index (χ1) is 18.1. The minimum Gasteiger partial charge on any atom is -0.352 e. The van der Waals surface area contributed by atoms with Crippen molar-refractivity contribution in [3.05, 3.63) is 71.2 Å². The van der Waals surface area contributed by atoms with E-state index in [-0.39, 0.29) is 17.7 Å². The molecule has 3 aromatic heterocycles. The topological polar surface area (TPSA) is 95.4 Å². The van der Waals surface area contributed by atoms with Crippen LogP contribution < -0.4 is 4.90 Å². The molecule has 0 bridgehead atoms. The molecule has 3 aromatic rings. The first-order valence-electron chi connectivity index (χ1n) is 12.4. The molecule has 9 nitrogen and oxygen atoms in total. The summed E-state index contributed by atoms with van der Waals surface area (Å²) in [5.74, 6) is 1.81. The minimum atomic E-state index is -0.0185. The fourth-order valence-electron chi connectivity index (χ4n) is 4.63. The van der Waals surface area contributed by atoms with Crippen LogP contribution in [0.3, 0.4) is 0 Å². The maximum Gasteiger partial charge on any atom is 0.273 e. The van der Waals surface area contributed by atoms with E-state index in [1.54, 1.807) is 36.1 Å². The van der Waals surface area contributed by atoms with E-state index >= 15 is 0 Å². The molecule has 0 aliphatic carbocycles. The monoisotopic (exact) mass is 535 g/mol. The summed E-state index contributed by atoms with van der Waals surface area (Å²) < 4.78 is 0. The van der Waals surface area contributed by atoms with Crippen LogP contribution in [0.5, 0.6) is 0 Å². The maximum atomic E-state index is 13.2. The second-order valence-corrected chi connectivity index (χ2v) is 10.8. The number of carbonyl (C=O) groups is 2. The molecule has 2 aliphatic heterocycles. The Morgan fingerprint density at radius 2 is 1.81 bits per heavy atom. The molecule has 0 N–H and O–H groups in total. The van der Waals surface area contributed by atoms with Crippen LogP contribution in [0.2, 0.25) is 0 Å². The molecular weight excluding hydrogens is 506 g/mol. The number of nitrogens with zero attached hydrogens (tertiary/aromatic N) is 7. The van der Waals surface area contributed by atoms with Gasteiger partial charge in [0.05, 0.1) is 16.8 Å². The summed E-state index contributed by atoms with van der Waals surface area (Å²) in [4.78, 5) is 49.8. The van der Waals surface area contributed by atoms with Gasteiger partial charge in [-0.1, -0.05) is 6.08 Å². The lowest BCUT2D eigenvalue weighted by Crippen LogP contribution is -2.49. The quantitative estimate of drug-likeness (QED) is 0.335. The van der Waals surface area contributed by atoms with Crippen molar-refractivity contribution in [2.24, 2.45) is 0 Å². The number of carbonyl (C=O) groups excluding carboxylic acids is 2. The average Bonchev–Trinajstić information content (AvgIpc) is 3.47. The number of aromatic nitrogens is 4. The lowest BCUT2D eigenvalue weighted by atomic mass is 9.97. The van der Waals surface area contributed by atoms with Gasteiger partial charge in [-0.15, -0.1) is 29.7 Å². The van der Waals surface area contributed by atoms with E-state index in [0.29, 0.717) is 43.2 Å². The Kier molecular flexibility index (Phi) is 8.10. The van der Waals surface area contributed by atoms with Gasteiger partial charge in [0.25, 0.3) is 11.8 Å². The van der Waals surface area contributed by atoms with Crippen molar-refractivity contribution in [3.63, 3.8) is 0 Å². The molecule has 2 aliphatic rings. The zero-order chi connectivity index (χ0) is 25.6. The van der Waals surface area contributed by atoms with Crippen LogP contribution >= 0.6 is 23.1 Å². The van der Waals surface area contributed by atoms with Gasteiger partial charge >= 0.3 is 0 Å². The number of likely N-dealkylation sites (tertiary alicyclic amines) is 1. The summed E-state index contributed by atoms with van der Waals surface area (Å²) in [5.41, 5.74) is 1.17. The Balaban J connectivity index is 1.15. The third-order valence-corrected chi connectivity index (χ3v) is 8.66. The van der Waals surface area contributed by atoms with E-state index in [1.165, 1.54) is 11.8 Å². The number of hydrogen-bond donors (Lipinski definition) is 0. The van der Waals surface area contributed by atoms with Crippen LogP contribution in [0.4, 0.5) is 5.82 Å². The van der Waals surface area contributed by atoms with Gasteiger partial charge in [-0.25, -0.2) is 15.0 Å². The zero-order valence-corrected chi connectivity index (χ0v) is 22.2. The number of rotatable bonds is 7. The molecule has 0 saturated carbocycles. The maximum absolute atomic E-state index is 13.2. The number of anilines is 1. The van der Waals surface area contributed by atoms with Crippen molar-refractivity contribution in [2.75, 3.05) is 49.9 Å². The molecule has 5 heterocycles. The Hall–Kier alpha value is -3.31. The molecule has 5 rings (SSSR count). The second-order valence-electron chi connectivity index (χ2n) is 8.94. The van der Waals surface area contributed by atoms with Crippen molar-refractivity contribution >= 4 is 40.7 Å². The van der Waals surface area contributed by atoms with Crippen molar-refractivity contribution < 1.29 is 9.59 Å². The van der Waals surface area contributed by atoms with Crippen molar-refractivity contribution in [2.45, 2.75) is 23.8 Å². The van der Waals surface area contributed by atoms with Crippen LogP contribution in [0, 0.1) is 0 Å². The summed E-state index contributed by atoms with van der Waals surface area (Å²) in [7, 11) is 0. The standard InChI is InChI=1S/C26H29N7O2S2/c1-2-16-36-24-20(4-3-7-29-24)25(34)32-10-5-19(6-11-32)23-30-21(18-37-23)26(35)33-14-12-31(13-15-33)22-17-27-8-9-28-22/h2-4,7-9,17-19H,1,5-6,10-16H2. The Labute approximate surface area is 224 Å². The molecule has 2 fully saturated rings. The van der Waals surface area contributed by atoms with Crippen molar-refractivity contribution in [1.82, 2.24) is 29.7 Å². The molecule has 0 unspecified atom stereocenters. The first kappa shape index (κ1) is 25.3. The van der Waals surface area contributed by atoms with Crippen LogP contribution in [0.15, 0.2) is 60.0 Å². The molecule has 2 saturated heterocycles. The third kappa shape index (κ3) is 5.83. The van der Waals surface area contributed by atoms with Crippen LogP contribution in [0.25, 0.3) is 0 Å². The molecule has 37 heavy (non-hydrogen) atoms. The molecular formula is C26H29N7O2S2. The van der Waals surface area contributed by atoms with Gasteiger partial charge in [0.1, 0.15) is 16.5 Å². The lowest BCUT2D eigenvalue weighted by Gasteiger charge is -2.34. The number of piperidine rings is 1. The van der Waals surface area contributed by atoms with Crippen LogP contribution in [-0.2, 0) is 0 Å². The van der Waals surface area contributed by atoms with Gasteiger partial charge < -0.3 is 14.7 Å². The molecule has 192 valence electrons. The molecule has 0 spiro atoms. The molecule has 2 amide bonds. The smallest absolute Gasteiger partial charge is 0.273 e. The normalized spacial score (nSPS) is 16.6. The highest BCUT2D eigenvalue weighted by Gasteiger charge is 2.29. The van der Waals surface area contributed by atoms with Crippen molar-refractivity contribution in [3.8, 4) is 0 Å². The van der Waals surface area contributed by atoms with Crippen molar-refractivity contribution in [1.29, 1.82) is 0 Å². The highest BCUT2D eigenvalue weighted by atomic mass is 32.2. The number of piperazine rings is 1. The summed E-state index contributed by atoms with van der Waals surface area (Å²) in [6.07, 6.45) is 10.3. The van der Waals surface area contributed by atoms with Gasteiger partial charge in [-0.2, -0.15) is 0 Å². The number of thiazole rings is 1. The highest BCUT2D eigenvalue weighted by Crippen LogP contribution is 2.32. The number of thioether (sulfide) groups is 1. The summed E-state index contributed by atoms with van der Waals surface area (Å²) >= 11 is 3.07. The molecule has 0 radical (unpaired) electrons. The Morgan fingerprint density at radius 3 is 2.54 bits per heavy atom. The first-order valence-corrected chi connectivity index (χ1v) is 14.2. The fraction of sp³-hybridized carbons (Fsp3) is 0.385. The van der Waals surface area contributed by atoms with Gasteiger partial charge in [0.2, 0.25) is 0 Å². The summed E-state index contributed by atoms with van der Waals surface area (Å²) in [5, 5.41) is 3.61. The number of amides is 2. The van der Waals surface area contributed by atoms with Crippen LogP contribution in [-0.4, -0.2) is 86.6 Å². The number of hydrogen-bond acceptors (Lipinski definition) is 9. The van der Waals surface area contributed by atoms with E-state index in [0.717, 1.165) is 41.8 Å². The Bertz CT molecular complexity index is 1240. The van der Waals surface area contributed by atoms with Crippen LogP contribution in [0.1, 0.15) is 44.6 Å². The minimum absolute atomic E-state index is 0.0185. The lowest BCUT2D eigenvalue weighted by molar-refractivity contribution is 0.0708. The Morgan fingerprint density at radius 1 is 1.03 bits per heavy atom. The molecule has 11 heteroatoms. The fourth-order valence-corrected chi connectivity index (χ4v) is 6.32. The van der Waals surface area contributed by atoms with Gasteiger partial charge in [0, 0.05) is 74.9 Å². The van der Waals surface area contributed by atoms with Gasteiger partial charge in [-0.3, -0.25) is 14.6 Å². The SMILES string of the molecule is C=CCSc1ncccc1C(=O)N1CCC(c2nc(C(=O)N3CCN(c4cnccn4)CC3)cs2)CC1. The summed E-state index contributed by atoms with van der Waals surface area (Å²) in [6.45, 7) is 7.78. The highest BCUT2D eigenvalue weighted by molar-refractivity contribution is 7.99. The van der Waals surface area contributed by atoms with E-state index in [4.69, 9.17) is 4.98 Å². The predicted octanol–water partition coefficient (Wildman–Crippen LogP) is 3.59. The van der Waals surface area contributed by atoms with E-state index in [2.05, 4.69) is 26.4 Å². The summed E-state index contributed by atoms with van der Waals surface area (Å²) in [6, 6.07) is 3.65. The predicted molar refractivity (Wildman–Crippen MR) is 145 cm³/mol.